The predicted octanol–water partition coefficient (Wildman–Crippen LogP) is 2.24. The molecule has 1 amide bonds. The summed E-state index contributed by atoms with van der Waals surface area (Å²) in [7, 11) is 0. The maximum Gasteiger partial charge on any atom is 0.335 e. The van der Waals surface area contributed by atoms with Gasteiger partial charge >= 0.3 is 5.97 Å². The Labute approximate surface area is 104 Å². The molecule has 1 aromatic carbocycles. The average molecular weight is 251 g/mol. The standard InChI is InChI=1S/C12H13NO3S/c1-2-6-17-8-11(14)13-10-5-3-4-9(7-10)12(15)16/h2-5,7H,1,6,8H2,(H,13,14)(H,15,16). The number of aromatic carboxylic acids is 1. The molecule has 17 heavy (non-hydrogen) atoms. The Balaban J connectivity index is 2.56. The Hall–Kier alpha value is -1.75. The molecule has 0 heterocycles. The molecule has 0 bridgehead atoms. The van der Waals surface area contributed by atoms with Crippen molar-refractivity contribution in [2.45, 2.75) is 0 Å². The molecule has 90 valence electrons. The minimum absolute atomic E-state index is 0.153. The fourth-order valence-corrected chi connectivity index (χ4v) is 1.70. The van der Waals surface area contributed by atoms with Crippen molar-refractivity contribution in [3.05, 3.63) is 42.5 Å². The SMILES string of the molecule is C=CCSCC(=O)Nc1cccc(C(=O)O)c1. The highest BCUT2D eigenvalue weighted by atomic mass is 32.2. The van der Waals surface area contributed by atoms with Gasteiger partial charge in [-0.15, -0.1) is 18.3 Å². The first-order chi connectivity index (χ1) is 8.13. The normalized spacial score (nSPS) is 9.65. The second-order valence-electron chi connectivity index (χ2n) is 3.24. The Morgan fingerprint density at radius 1 is 1.47 bits per heavy atom. The molecular formula is C12H13NO3S. The largest absolute Gasteiger partial charge is 0.478 e. The van der Waals surface area contributed by atoms with Crippen LogP contribution in [0.15, 0.2) is 36.9 Å². The van der Waals surface area contributed by atoms with Crippen molar-refractivity contribution in [2.75, 3.05) is 16.8 Å². The number of rotatable bonds is 6. The maximum absolute atomic E-state index is 11.5. The molecule has 0 saturated carbocycles. The van der Waals surface area contributed by atoms with Gasteiger partial charge in [0.1, 0.15) is 0 Å². The van der Waals surface area contributed by atoms with Crippen LogP contribution in [0, 0.1) is 0 Å². The molecule has 4 nitrogen and oxygen atoms in total. The number of nitrogens with one attached hydrogen (secondary N) is 1. The zero-order valence-electron chi connectivity index (χ0n) is 9.18. The summed E-state index contributed by atoms with van der Waals surface area (Å²) < 4.78 is 0. The van der Waals surface area contributed by atoms with E-state index in [0.717, 1.165) is 0 Å². The fourth-order valence-electron chi connectivity index (χ4n) is 1.16. The minimum atomic E-state index is -1.01. The van der Waals surface area contributed by atoms with Crippen LogP contribution in [0.5, 0.6) is 0 Å². The van der Waals surface area contributed by atoms with Gasteiger partial charge in [0.05, 0.1) is 11.3 Å². The van der Waals surface area contributed by atoms with Crippen molar-refractivity contribution in [3.63, 3.8) is 0 Å². The van der Waals surface area contributed by atoms with Crippen LogP contribution in [-0.4, -0.2) is 28.5 Å². The molecule has 0 aromatic heterocycles. The molecule has 1 rings (SSSR count). The number of carbonyl (C=O) groups is 2. The van der Waals surface area contributed by atoms with Crippen LogP contribution in [0.3, 0.4) is 0 Å². The van der Waals surface area contributed by atoms with E-state index in [4.69, 9.17) is 5.11 Å². The highest BCUT2D eigenvalue weighted by molar-refractivity contribution is 8.00. The molecule has 0 spiro atoms. The Morgan fingerprint density at radius 2 is 2.24 bits per heavy atom. The zero-order chi connectivity index (χ0) is 12.7. The van der Waals surface area contributed by atoms with Crippen molar-refractivity contribution in [1.29, 1.82) is 0 Å². The van der Waals surface area contributed by atoms with Crippen LogP contribution in [-0.2, 0) is 4.79 Å². The van der Waals surface area contributed by atoms with Gasteiger partial charge in [0.2, 0.25) is 5.91 Å². The molecule has 1 aromatic rings. The van der Waals surface area contributed by atoms with Gasteiger partial charge in [-0.05, 0) is 18.2 Å². The van der Waals surface area contributed by atoms with Crippen molar-refractivity contribution in [2.24, 2.45) is 0 Å². The Morgan fingerprint density at radius 3 is 2.88 bits per heavy atom. The summed E-state index contributed by atoms with van der Waals surface area (Å²) in [4.78, 5) is 22.2. The van der Waals surface area contributed by atoms with Gasteiger partial charge in [0.25, 0.3) is 0 Å². The summed E-state index contributed by atoms with van der Waals surface area (Å²) in [6, 6.07) is 6.15. The average Bonchev–Trinajstić information content (AvgIpc) is 2.29. The van der Waals surface area contributed by atoms with E-state index in [1.54, 1.807) is 18.2 Å². The first-order valence-corrected chi connectivity index (χ1v) is 6.11. The molecule has 0 saturated heterocycles. The van der Waals surface area contributed by atoms with Crippen LogP contribution in [0.25, 0.3) is 0 Å². The second kappa shape index (κ2) is 6.75. The van der Waals surface area contributed by atoms with Gasteiger partial charge in [0.15, 0.2) is 0 Å². The van der Waals surface area contributed by atoms with Crippen LogP contribution >= 0.6 is 11.8 Å². The first kappa shape index (κ1) is 13.3. The van der Waals surface area contributed by atoms with Gasteiger partial charge in [0, 0.05) is 11.4 Å². The number of anilines is 1. The molecular weight excluding hydrogens is 238 g/mol. The monoisotopic (exact) mass is 251 g/mol. The minimum Gasteiger partial charge on any atom is -0.478 e. The highest BCUT2D eigenvalue weighted by Gasteiger charge is 2.05. The van der Waals surface area contributed by atoms with Crippen molar-refractivity contribution in [1.82, 2.24) is 0 Å². The molecule has 0 aliphatic rings. The molecule has 0 atom stereocenters. The highest BCUT2D eigenvalue weighted by Crippen LogP contribution is 2.11. The summed E-state index contributed by atoms with van der Waals surface area (Å²) in [6.07, 6.45) is 1.73. The summed E-state index contributed by atoms with van der Waals surface area (Å²) in [5.74, 6) is -0.132. The number of thioether (sulfide) groups is 1. The van der Waals surface area contributed by atoms with E-state index in [2.05, 4.69) is 11.9 Å². The summed E-state index contributed by atoms with van der Waals surface area (Å²) >= 11 is 1.44. The van der Waals surface area contributed by atoms with Crippen LogP contribution in [0.4, 0.5) is 5.69 Å². The molecule has 0 radical (unpaired) electrons. The number of hydrogen-bond donors (Lipinski definition) is 2. The third-order valence-corrected chi connectivity index (χ3v) is 2.80. The molecule has 0 aliphatic carbocycles. The van der Waals surface area contributed by atoms with Gasteiger partial charge < -0.3 is 10.4 Å². The molecule has 0 unspecified atom stereocenters. The zero-order valence-corrected chi connectivity index (χ0v) is 10.00. The van der Waals surface area contributed by atoms with E-state index in [1.165, 1.54) is 23.9 Å². The van der Waals surface area contributed by atoms with Gasteiger partial charge in [-0.25, -0.2) is 4.79 Å². The lowest BCUT2D eigenvalue weighted by Gasteiger charge is -2.05. The van der Waals surface area contributed by atoms with Crippen LogP contribution in [0.2, 0.25) is 0 Å². The fraction of sp³-hybridized carbons (Fsp3) is 0.167. The first-order valence-electron chi connectivity index (χ1n) is 4.95. The number of carbonyl (C=O) groups excluding carboxylic acids is 1. The van der Waals surface area contributed by atoms with E-state index >= 15 is 0 Å². The van der Waals surface area contributed by atoms with Gasteiger partial charge in [-0.2, -0.15) is 0 Å². The predicted molar refractivity (Wildman–Crippen MR) is 69.6 cm³/mol. The molecule has 2 N–H and O–H groups in total. The second-order valence-corrected chi connectivity index (χ2v) is 4.27. The molecule has 5 heteroatoms. The third kappa shape index (κ3) is 4.74. The van der Waals surface area contributed by atoms with Crippen molar-refractivity contribution < 1.29 is 14.7 Å². The van der Waals surface area contributed by atoms with E-state index in [1.807, 2.05) is 0 Å². The third-order valence-electron chi connectivity index (χ3n) is 1.86. The number of amides is 1. The quantitative estimate of drug-likeness (QED) is 0.601. The van der Waals surface area contributed by atoms with Crippen molar-refractivity contribution in [3.8, 4) is 0 Å². The molecule has 0 fully saturated rings. The number of hydrogen-bond acceptors (Lipinski definition) is 3. The molecule has 0 aliphatic heterocycles. The maximum atomic E-state index is 11.5. The van der Waals surface area contributed by atoms with E-state index < -0.39 is 5.97 Å². The van der Waals surface area contributed by atoms with E-state index in [-0.39, 0.29) is 11.5 Å². The topological polar surface area (TPSA) is 66.4 Å². The van der Waals surface area contributed by atoms with E-state index in [9.17, 15) is 9.59 Å². The van der Waals surface area contributed by atoms with Crippen LogP contribution < -0.4 is 5.32 Å². The number of benzene rings is 1. The smallest absolute Gasteiger partial charge is 0.335 e. The number of carboxylic acid groups (broad SMARTS) is 1. The summed E-state index contributed by atoms with van der Waals surface area (Å²) in [6.45, 7) is 3.55. The lowest BCUT2D eigenvalue weighted by molar-refractivity contribution is -0.113. The van der Waals surface area contributed by atoms with Gasteiger partial charge in [-0.1, -0.05) is 12.1 Å². The summed E-state index contributed by atoms with van der Waals surface area (Å²) in [5, 5.41) is 11.4. The van der Waals surface area contributed by atoms with Crippen LogP contribution in [0.1, 0.15) is 10.4 Å². The lowest BCUT2D eigenvalue weighted by Crippen LogP contribution is -2.14. The lowest BCUT2D eigenvalue weighted by atomic mass is 10.2. The summed E-state index contributed by atoms with van der Waals surface area (Å²) in [5.41, 5.74) is 0.649. The Kier molecular flexibility index (Phi) is 5.29. The Bertz CT molecular complexity index is 432. The number of carboxylic acids is 1. The van der Waals surface area contributed by atoms with E-state index in [0.29, 0.717) is 17.2 Å². The van der Waals surface area contributed by atoms with Crippen molar-refractivity contribution >= 4 is 29.3 Å². The van der Waals surface area contributed by atoms with Gasteiger partial charge in [-0.3, -0.25) is 4.79 Å².